The molecule has 2 aliphatic rings. The van der Waals surface area contributed by atoms with Crippen molar-refractivity contribution in [1.82, 2.24) is 14.8 Å². The molecule has 1 atom stereocenters. The number of hydrogen-bond acceptors (Lipinski definition) is 3. The van der Waals surface area contributed by atoms with Crippen molar-refractivity contribution in [2.24, 2.45) is 0 Å². The Balaban J connectivity index is 1.54. The minimum atomic E-state index is -1.24. The van der Waals surface area contributed by atoms with Gasteiger partial charge in [-0.25, -0.2) is 0 Å². The fourth-order valence-corrected chi connectivity index (χ4v) is 6.82. The highest BCUT2D eigenvalue weighted by Crippen LogP contribution is 2.41. The van der Waals surface area contributed by atoms with E-state index in [0.29, 0.717) is 24.5 Å². The molecule has 2 amide bonds. The molecule has 1 N–H and O–H groups in total. The predicted molar refractivity (Wildman–Crippen MR) is 160 cm³/mol. The first kappa shape index (κ1) is 26.6. The molecular formula is C33H34BrN3O3. The number of carbonyl (C=O) groups excluding carboxylic acids is 2. The Labute approximate surface area is 243 Å². The van der Waals surface area contributed by atoms with Crippen LogP contribution >= 0.6 is 15.9 Å². The first-order chi connectivity index (χ1) is 19.5. The van der Waals surface area contributed by atoms with Crippen LogP contribution in [-0.2, 0) is 23.4 Å². The maximum absolute atomic E-state index is 14.8. The summed E-state index contributed by atoms with van der Waals surface area (Å²) in [5, 5.41) is 4.37. The van der Waals surface area contributed by atoms with Gasteiger partial charge in [0.15, 0.2) is 5.54 Å². The van der Waals surface area contributed by atoms with Gasteiger partial charge in [-0.05, 0) is 54.3 Å². The summed E-state index contributed by atoms with van der Waals surface area (Å²) in [7, 11) is 1.64. The lowest BCUT2D eigenvalue weighted by Gasteiger charge is -2.47. The molecule has 1 fully saturated rings. The molecule has 0 bridgehead atoms. The third-order valence-electron chi connectivity index (χ3n) is 8.47. The molecule has 4 aromatic rings. The number of fused-ring (bicyclic) bond motifs is 3. The van der Waals surface area contributed by atoms with Crippen LogP contribution in [0.15, 0.2) is 83.3 Å². The summed E-state index contributed by atoms with van der Waals surface area (Å²) in [6.07, 6.45) is 6.54. The lowest BCUT2D eigenvalue weighted by Crippen LogP contribution is -2.63. The van der Waals surface area contributed by atoms with E-state index in [1.54, 1.807) is 12.0 Å². The Morgan fingerprint density at radius 2 is 1.75 bits per heavy atom. The summed E-state index contributed by atoms with van der Waals surface area (Å²) in [5.74, 6) is 0.427. The van der Waals surface area contributed by atoms with Gasteiger partial charge in [0.25, 0.3) is 11.8 Å². The number of nitrogens with one attached hydrogen (secondary N) is 1. The van der Waals surface area contributed by atoms with Crippen LogP contribution in [0.5, 0.6) is 5.75 Å². The lowest BCUT2D eigenvalue weighted by molar-refractivity contribution is -0.136. The highest BCUT2D eigenvalue weighted by atomic mass is 79.9. The van der Waals surface area contributed by atoms with Gasteiger partial charge in [-0.3, -0.25) is 9.59 Å². The van der Waals surface area contributed by atoms with Crippen molar-refractivity contribution in [2.75, 3.05) is 7.11 Å². The first-order valence-corrected chi connectivity index (χ1v) is 14.9. The molecular weight excluding hydrogens is 566 g/mol. The van der Waals surface area contributed by atoms with E-state index in [1.807, 2.05) is 83.4 Å². The molecule has 0 spiro atoms. The predicted octanol–water partition coefficient (Wildman–Crippen LogP) is 6.80. The van der Waals surface area contributed by atoms with Crippen molar-refractivity contribution in [3.63, 3.8) is 0 Å². The Kier molecular flexibility index (Phi) is 7.41. The molecule has 1 aliphatic carbocycles. The molecule has 0 saturated heterocycles. The molecule has 0 unspecified atom stereocenters. The van der Waals surface area contributed by atoms with Crippen LogP contribution in [0.2, 0.25) is 0 Å². The molecule has 1 aromatic heterocycles. The lowest BCUT2D eigenvalue weighted by atomic mass is 9.83. The van der Waals surface area contributed by atoms with E-state index in [-0.39, 0.29) is 17.9 Å². The Bertz CT molecular complexity index is 1540. The van der Waals surface area contributed by atoms with Gasteiger partial charge < -0.3 is 19.5 Å². The fourth-order valence-electron chi connectivity index (χ4n) is 6.37. The number of rotatable bonds is 6. The monoisotopic (exact) mass is 599 g/mol. The van der Waals surface area contributed by atoms with Crippen molar-refractivity contribution >= 4 is 38.6 Å². The number of halogens is 1. The fraction of sp³-hybridized carbons (Fsp3) is 0.333. The number of ether oxygens (including phenoxy) is 1. The normalized spacial score (nSPS) is 19.8. The SMILES string of the molecule is COc1ccc2cc3n(c2c1)C[C@@](C(=O)NC1CCCCCC1)(c1ccccc1)N(Cc1cccc(Br)c1)C3=O. The van der Waals surface area contributed by atoms with Crippen LogP contribution in [0, 0.1) is 0 Å². The largest absolute Gasteiger partial charge is 0.497 e. The van der Waals surface area contributed by atoms with Gasteiger partial charge >= 0.3 is 0 Å². The van der Waals surface area contributed by atoms with Crippen LogP contribution in [-0.4, -0.2) is 34.4 Å². The third kappa shape index (κ3) is 4.81. The zero-order valence-corrected chi connectivity index (χ0v) is 24.3. The van der Waals surface area contributed by atoms with Crippen LogP contribution in [0.4, 0.5) is 0 Å². The summed E-state index contributed by atoms with van der Waals surface area (Å²) >= 11 is 3.58. The molecule has 206 valence electrons. The van der Waals surface area contributed by atoms with Crippen molar-refractivity contribution in [2.45, 2.75) is 63.2 Å². The van der Waals surface area contributed by atoms with Gasteiger partial charge in [0.05, 0.1) is 19.2 Å². The molecule has 0 radical (unpaired) electrons. The molecule has 6 nitrogen and oxygen atoms in total. The van der Waals surface area contributed by atoms with Gasteiger partial charge in [-0.1, -0.05) is 84.1 Å². The topological polar surface area (TPSA) is 63.6 Å². The van der Waals surface area contributed by atoms with Gasteiger partial charge in [0.2, 0.25) is 0 Å². The number of benzene rings is 3. The van der Waals surface area contributed by atoms with Gasteiger partial charge in [-0.2, -0.15) is 0 Å². The summed E-state index contributed by atoms with van der Waals surface area (Å²) < 4.78 is 8.47. The van der Waals surface area contributed by atoms with Crippen LogP contribution < -0.4 is 10.1 Å². The van der Waals surface area contributed by atoms with E-state index >= 15 is 0 Å². The van der Waals surface area contributed by atoms with E-state index < -0.39 is 5.54 Å². The number of carbonyl (C=O) groups is 2. The second kappa shape index (κ2) is 11.1. The summed E-state index contributed by atoms with van der Waals surface area (Å²) in [6, 6.07) is 25.6. The first-order valence-electron chi connectivity index (χ1n) is 14.1. The van der Waals surface area contributed by atoms with E-state index in [9.17, 15) is 9.59 Å². The number of hydrogen-bond donors (Lipinski definition) is 1. The molecule has 2 heterocycles. The smallest absolute Gasteiger partial charge is 0.272 e. The summed E-state index contributed by atoms with van der Waals surface area (Å²) in [5.41, 5.74) is 1.98. The molecule has 1 saturated carbocycles. The molecule has 7 heteroatoms. The minimum Gasteiger partial charge on any atom is -0.497 e. The average Bonchev–Trinajstić information content (AvgIpc) is 3.13. The Morgan fingerprint density at radius 3 is 2.48 bits per heavy atom. The van der Waals surface area contributed by atoms with E-state index in [4.69, 9.17) is 4.74 Å². The van der Waals surface area contributed by atoms with E-state index in [2.05, 4.69) is 21.2 Å². The molecule has 3 aromatic carbocycles. The van der Waals surface area contributed by atoms with Crippen molar-refractivity contribution in [3.05, 3.63) is 100 Å². The number of aromatic nitrogens is 1. The molecule has 40 heavy (non-hydrogen) atoms. The van der Waals surface area contributed by atoms with Gasteiger partial charge in [0, 0.05) is 28.5 Å². The van der Waals surface area contributed by atoms with Gasteiger partial charge in [0.1, 0.15) is 11.4 Å². The summed E-state index contributed by atoms with van der Waals surface area (Å²) in [4.78, 5) is 31.1. The van der Waals surface area contributed by atoms with Crippen LogP contribution in [0.25, 0.3) is 10.9 Å². The number of nitrogens with zero attached hydrogens (tertiary/aromatic N) is 2. The zero-order chi connectivity index (χ0) is 27.7. The second-order valence-electron chi connectivity index (χ2n) is 10.9. The van der Waals surface area contributed by atoms with Crippen molar-refractivity contribution < 1.29 is 14.3 Å². The van der Waals surface area contributed by atoms with Crippen molar-refractivity contribution in [1.29, 1.82) is 0 Å². The number of methoxy groups -OCH3 is 1. The zero-order valence-electron chi connectivity index (χ0n) is 22.7. The average molecular weight is 601 g/mol. The van der Waals surface area contributed by atoms with E-state index in [0.717, 1.165) is 52.2 Å². The maximum Gasteiger partial charge on any atom is 0.272 e. The quantitative estimate of drug-likeness (QED) is 0.248. The standard InChI is InChI=1S/C33H34BrN3O3/c1-40-28-17-16-24-19-30-31(38)37(21-23-10-9-13-26(34)18-23)33(22-36(30)29(24)20-28,25-11-5-4-6-12-25)32(39)35-27-14-7-2-3-8-15-27/h4-6,9-13,16-20,27H,2-3,7-8,14-15,21-22H2,1H3,(H,35,39)/t33-/m0/s1. The van der Waals surface area contributed by atoms with Gasteiger partial charge in [-0.15, -0.1) is 0 Å². The minimum absolute atomic E-state index is 0.0984. The number of amides is 2. The maximum atomic E-state index is 14.8. The Hall–Kier alpha value is -3.58. The van der Waals surface area contributed by atoms with E-state index in [1.165, 1.54) is 12.8 Å². The highest BCUT2D eigenvalue weighted by Gasteiger charge is 2.52. The molecule has 1 aliphatic heterocycles. The second-order valence-corrected chi connectivity index (χ2v) is 11.9. The van der Waals surface area contributed by atoms with Crippen molar-refractivity contribution in [3.8, 4) is 5.75 Å². The molecule has 6 rings (SSSR count). The summed E-state index contributed by atoms with van der Waals surface area (Å²) in [6.45, 7) is 0.609. The third-order valence-corrected chi connectivity index (χ3v) is 8.96. The van der Waals surface area contributed by atoms with Crippen LogP contribution in [0.3, 0.4) is 0 Å². The highest BCUT2D eigenvalue weighted by molar-refractivity contribution is 9.10. The Morgan fingerprint density at radius 1 is 0.975 bits per heavy atom. The van der Waals surface area contributed by atoms with Crippen LogP contribution in [0.1, 0.15) is 60.1 Å².